The third-order valence-corrected chi connectivity index (χ3v) is 4.13. The summed E-state index contributed by atoms with van der Waals surface area (Å²) in [6.07, 6.45) is 0. The lowest BCUT2D eigenvalue weighted by Gasteiger charge is -2.19. The van der Waals surface area contributed by atoms with E-state index in [1.54, 1.807) is 72.8 Å². The average Bonchev–Trinajstić information content (AvgIpc) is 2.57. The van der Waals surface area contributed by atoms with Crippen LogP contribution in [0.1, 0.15) is 0 Å². The molecule has 0 atom stereocenters. The molecule has 0 heterocycles. The number of benzene rings is 3. The third kappa shape index (κ3) is 4.38. The standard InChI is InChI=1S/C18H14O4P/c19-23(20-16-10-4-1-5-11-16,21-17-12-6-2-7-13-17)22-18-14-8-3-9-15-18/h1-2,4-15H. The van der Waals surface area contributed by atoms with Crippen molar-refractivity contribution < 1.29 is 18.1 Å². The van der Waals surface area contributed by atoms with Gasteiger partial charge < -0.3 is 13.6 Å². The maximum Gasteiger partial charge on any atom is 0.647 e. The van der Waals surface area contributed by atoms with Gasteiger partial charge in [-0.1, -0.05) is 48.5 Å². The average molecular weight is 325 g/mol. The molecular formula is C18H14O4P. The lowest BCUT2D eigenvalue weighted by Crippen LogP contribution is -2.07. The number of para-hydroxylation sites is 2. The van der Waals surface area contributed by atoms with E-state index in [0.29, 0.717) is 17.2 Å². The van der Waals surface area contributed by atoms with Crippen molar-refractivity contribution in [2.24, 2.45) is 0 Å². The normalized spacial score (nSPS) is 10.8. The van der Waals surface area contributed by atoms with Crippen molar-refractivity contribution in [3.05, 3.63) is 91.0 Å². The van der Waals surface area contributed by atoms with Crippen molar-refractivity contribution in [2.45, 2.75) is 0 Å². The summed E-state index contributed by atoms with van der Waals surface area (Å²) in [5.74, 6) is 1.17. The summed E-state index contributed by atoms with van der Waals surface area (Å²) in [6.45, 7) is 0. The molecule has 0 aliphatic heterocycles. The van der Waals surface area contributed by atoms with E-state index in [4.69, 9.17) is 13.6 Å². The molecule has 5 heteroatoms. The first-order valence-corrected chi connectivity index (χ1v) is 8.45. The zero-order valence-corrected chi connectivity index (χ0v) is 13.1. The molecule has 0 fully saturated rings. The third-order valence-electron chi connectivity index (χ3n) is 2.83. The van der Waals surface area contributed by atoms with Crippen molar-refractivity contribution >= 4 is 7.82 Å². The lowest BCUT2D eigenvalue weighted by molar-refractivity contribution is 0.298. The van der Waals surface area contributed by atoms with Crippen LogP contribution in [0.25, 0.3) is 0 Å². The van der Waals surface area contributed by atoms with Gasteiger partial charge in [0.15, 0.2) is 0 Å². The first-order valence-electron chi connectivity index (χ1n) is 6.99. The second-order valence-electron chi connectivity index (χ2n) is 4.58. The summed E-state index contributed by atoms with van der Waals surface area (Å²) < 4.78 is 29.6. The van der Waals surface area contributed by atoms with Crippen LogP contribution in [0.15, 0.2) is 84.9 Å². The largest absolute Gasteiger partial charge is 0.647 e. The van der Waals surface area contributed by atoms with Crippen LogP contribution in [0.4, 0.5) is 0 Å². The van der Waals surface area contributed by atoms with Crippen LogP contribution in [0.5, 0.6) is 17.2 Å². The smallest absolute Gasteiger partial charge is 0.386 e. The molecule has 0 N–H and O–H groups in total. The molecule has 0 amide bonds. The highest BCUT2D eigenvalue weighted by molar-refractivity contribution is 7.49. The second-order valence-corrected chi connectivity index (χ2v) is 6.03. The van der Waals surface area contributed by atoms with Crippen molar-refractivity contribution in [3.63, 3.8) is 0 Å². The maximum atomic E-state index is 13.0. The van der Waals surface area contributed by atoms with Crippen LogP contribution in [-0.4, -0.2) is 0 Å². The van der Waals surface area contributed by atoms with Crippen LogP contribution >= 0.6 is 7.82 Å². The Morgan fingerprint density at radius 1 is 0.609 bits per heavy atom. The molecule has 0 saturated heterocycles. The summed E-state index contributed by atoms with van der Waals surface area (Å²) in [6, 6.07) is 27.0. The molecule has 0 spiro atoms. The predicted molar refractivity (Wildman–Crippen MR) is 87.7 cm³/mol. The molecule has 115 valence electrons. The second kappa shape index (κ2) is 7.03. The Balaban J connectivity index is 1.87. The Hall–Kier alpha value is -2.71. The first-order chi connectivity index (χ1) is 11.2. The fourth-order valence-electron chi connectivity index (χ4n) is 1.84. The van der Waals surface area contributed by atoms with Gasteiger partial charge in [0.05, 0.1) is 0 Å². The topological polar surface area (TPSA) is 44.8 Å². The van der Waals surface area contributed by atoms with E-state index < -0.39 is 7.82 Å². The van der Waals surface area contributed by atoms with Crippen LogP contribution < -0.4 is 13.6 Å². The van der Waals surface area contributed by atoms with Crippen molar-refractivity contribution in [1.29, 1.82) is 0 Å². The minimum atomic E-state index is -3.90. The van der Waals surface area contributed by atoms with Gasteiger partial charge in [-0.2, -0.15) is 4.57 Å². The van der Waals surface area contributed by atoms with Gasteiger partial charge in [0.25, 0.3) is 0 Å². The van der Waals surface area contributed by atoms with Crippen LogP contribution in [0.3, 0.4) is 0 Å². The van der Waals surface area contributed by atoms with Gasteiger partial charge in [0, 0.05) is 0 Å². The molecule has 0 aliphatic carbocycles. The fourth-order valence-corrected chi connectivity index (χ4v) is 3.09. The summed E-state index contributed by atoms with van der Waals surface area (Å²) in [5, 5.41) is 0. The van der Waals surface area contributed by atoms with Crippen molar-refractivity contribution in [2.75, 3.05) is 0 Å². The number of rotatable bonds is 6. The molecule has 0 saturated carbocycles. The quantitative estimate of drug-likeness (QED) is 0.589. The molecule has 1 radical (unpaired) electrons. The first kappa shape index (κ1) is 15.2. The van der Waals surface area contributed by atoms with Gasteiger partial charge in [0.1, 0.15) is 17.2 Å². The van der Waals surface area contributed by atoms with Gasteiger partial charge in [-0.05, 0) is 42.5 Å². The molecule has 3 aromatic rings. The maximum absolute atomic E-state index is 13.0. The predicted octanol–water partition coefficient (Wildman–Crippen LogP) is 5.13. The van der Waals surface area contributed by atoms with Gasteiger partial charge in [-0.25, -0.2) is 0 Å². The lowest BCUT2D eigenvalue weighted by atomic mass is 10.3. The number of phosphoric acid groups is 1. The summed E-state index contributed by atoms with van der Waals surface area (Å²) in [4.78, 5) is 0. The molecule has 4 nitrogen and oxygen atoms in total. The zero-order valence-electron chi connectivity index (χ0n) is 12.2. The van der Waals surface area contributed by atoms with Gasteiger partial charge in [-0.15, -0.1) is 0 Å². The number of hydrogen-bond donors (Lipinski definition) is 0. The van der Waals surface area contributed by atoms with Crippen molar-refractivity contribution in [3.8, 4) is 17.2 Å². The van der Waals surface area contributed by atoms with Gasteiger partial charge in [0.2, 0.25) is 0 Å². The highest BCUT2D eigenvalue weighted by atomic mass is 31.2. The Kier molecular flexibility index (Phi) is 4.65. The van der Waals surface area contributed by atoms with Crippen LogP contribution in [0, 0.1) is 6.07 Å². The highest BCUT2D eigenvalue weighted by Gasteiger charge is 2.33. The van der Waals surface area contributed by atoms with E-state index in [9.17, 15) is 4.57 Å². The van der Waals surface area contributed by atoms with E-state index in [-0.39, 0.29) is 0 Å². The van der Waals surface area contributed by atoms with Crippen LogP contribution in [-0.2, 0) is 4.57 Å². The fraction of sp³-hybridized carbons (Fsp3) is 0. The molecule has 0 bridgehead atoms. The van der Waals surface area contributed by atoms with Crippen LogP contribution in [0.2, 0.25) is 0 Å². The summed E-state index contributed by atoms with van der Waals surface area (Å²) in [7, 11) is -3.90. The number of hydrogen-bond acceptors (Lipinski definition) is 4. The molecule has 3 rings (SSSR count). The summed E-state index contributed by atoms with van der Waals surface area (Å²) >= 11 is 0. The van der Waals surface area contributed by atoms with E-state index >= 15 is 0 Å². The Labute approximate surface area is 134 Å². The number of phosphoric ester groups is 1. The minimum Gasteiger partial charge on any atom is -0.386 e. The van der Waals surface area contributed by atoms with Gasteiger partial charge >= 0.3 is 7.82 Å². The van der Waals surface area contributed by atoms with E-state index in [1.165, 1.54) is 0 Å². The minimum absolute atomic E-state index is 0.374. The molecule has 23 heavy (non-hydrogen) atoms. The molecule has 0 aliphatic rings. The van der Waals surface area contributed by atoms with E-state index in [2.05, 4.69) is 6.07 Å². The van der Waals surface area contributed by atoms with Crippen molar-refractivity contribution in [1.82, 2.24) is 0 Å². The monoisotopic (exact) mass is 325 g/mol. The summed E-state index contributed by atoms with van der Waals surface area (Å²) in [5.41, 5.74) is 0. The molecular weight excluding hydrogens is 311 g/mol. The SMILES string of the molecule is O=P(Oc1cc[c]cc1)(Oc1ccccc1)Oc1ccccc1. The van der Waals surface area contributed by atoms with Gasteiger partial charge in [-0.3, -0.25) is 0 Å². The Morgan fingerprint density at radius 3 is 1.43 bits per heavy atom. The molecule has 0 aromatic heterocycles. The molecule has 3 aromatic carbocycles. The van der Waals surface area contributed by atoms with E-state index in [0.717, 1.165) is 0 Å². The Morgan fingerprint density at radius 2 is 1.00 bits per heavy atom. The Bertz CT molecular complexity index is 668. The van der Waals surface area contributed by atoms with E-state index in [1.807, 2.05) is 12.1 Å². The molecule has 0 unspecified atom stereocenters. The highest BCUT2D eigenvalue weighted by Crippen LogP contribution is 2.49. The zero-order chi connectivity index (χ0) is 16.0.